The first-order valence-corrected chi connectivity index (χ1v) is 6.91. The van der Waals surface area contributed by atoms with E-state index in [1.165, 1.54) is 6.08 Å². The molecule has 3 rings (SSSR count). The Hall–Kier alpha value is -2.56. The number of carbonyl (C=O) groups excluding carboxylic acids is 1. The zero-order chi connectivity index (χ0) is 14.7. The molecule has 108 valence electrons. The van der Waals surface area contributed by atoms with E-state index >= 15 is 0 Å². The number of carbonyl (C=O) groups is 1. The van der Waals surface area contributed by atoms with Gasteiger partial charge in [-0.05, 0) is 25.1 Å². The maximum atomic E-state index is 12.1. The number of aromatic nitrogens is 2. The van der Waals surface area contributed by atoms with E-state index in [-0.39, 0.29) is 5.78 Å². The van der Waals surface area contributed by atoms with Crippen molar-refractivity contribution in [3.05, 3.63) is 47.8 Å². The Balaban J connectivity index is 1.81. The fourth-order valence-corrected chi connectivity index (χ4v) is 2.15. The molecule has 5 nitrogen and oxygen atoms in total. The third-order valence-corrected chi connectivity index (χ3v) is 3.25. The number of aryl methyl sites for hydroxylation is 1. The summed E-state index contributed by atoms with van der Waals surface area (Å²) in [4.78, 5) is 12.1. The van der Waals surface area contributed by atoms with E-state index < -0.39 is 0 Å². The standard InChI is InChI=1S/C16H16N2O3/c1-2-18-11-13(10-17-18)14(19)7-6-12-4-3-5-15-16(12)21-9-8-20-15/h3-7,10-11H,2,8-9H2,1H3/b7-6+. The summed E-state index contributed by atoms with van der Waals surface area (Å²) in [6.07, 6.45) is 6.60. The normalized spacial score (nSPS) is 13.6. The van der Waals surface area contributed by atoms with Crippen LogP contribution in [0.2, 0.25) is 0 Å². The lowest BCUT2D eigenvalue weighted by molar-refractivity contribution is 0.104. The van der Waals surface area contributed by atoms with Crippen molar-refractivity contribution >= 4 is 11.9 Å². The summed E-state index contributed by atoms with van der Waals surface area (Å²) in [6, 6.07) is 5.64. The number of hydrogen-bond acceptors (Lipinski definition) is 4. The highest BCUT2D eigenvalue weighted by Crippen LogP contribution is 2.34. The first-order chi connectivity index (χ1) is 10.3. The number of para-hydroxylation sites is 1. The molecule has 2 aromatic rings. The third-order valence-electron chi connectivity index (χ3n) is 3.25. The Morgan fingerprint density at radius 3 is 3.05 bits per heavy atom. The van der Waals surface area contributed by atoms with Gasteiger partial charge in [-0.3, -0.25) is 9.48 Å². The van der Waals surface area contributed by atoms with Gasteiger partial charge in [0.05, 0.1) is 11.8 Å². The largest absolute Gasteiger partial charge is 0.486 e. The molecule has 1 aromatic heterocycles. The van der Waals surface area contributed by atoms with Crippen LogP contribution in [0, 0.1) is 0 Å². The van der Waals surface area contributed by atoms with Crippen LogP contribution >= 0.6 is 0 Å². The van der Waals surface area contributed by atoms with Gasteiger partial charge >= 0.3 is 0 Å². The minimum absolute atomic E-state index is 0.0796. The van der Waals surface area contributed by atoms with Gasteiger partial charge in [0.25, 0.3) is 0 Å². The van der Waals surface area contributed by atoms with Gasteiger partial charge in [-0.2, -0.15) is 5.10 Å². The zero-order valence-corrected chi connectivity index (χ0v) is 11.8. The van der Waals surface area contributed by atoms with Crippen molar-refractivity contribution in [2.24, 2.45) is 0 Å². The quantitative estimate of drug-likeness (QED) is 0.639. The highest BCUT2D eigenvalue weighted by Gasteiger charge is 2.14. The van der Waals surface area contributed by atoms with Crippen LogP contribution in [0.25, 0.3) is 6.08 Å². The van der Waals surface area contributed by atoms with E-state index in [9.17, 15) is 4.79 Å². The lowest BCUT2D eigenvalue weighted by atomic mass is 10.1. The topological polar surface area (TPSA) is 53.4 Å². The van der Waals surface area contributed by atoms with E-state index in [4.69, 9.17) is 9.47 Å². The van der Waals surface area contributed by atoms with E-state index in [1.54, 1.807) is 23.2 Å². The molecule has 0 aliphatic carbocycles. The van der Waals surface area contributed by atoms with Gasteiger partial charge in [-0.1, -0.05) is 12.1 Å². The maximum Gasteiger partial charge on any atom is 0.189 e. The van der Waals surface area contributed by atoms with Crippen molar-refractivity contribution in [3.63, 3.8) is 0 Å². The number of allylic oxidation sites excluding steroid dienone is 1. The number of ketones is 1. The predicted octanol–water partition coefficient (Wildman–Crippen LogP) is 2.57. The zero-order valence-electron chi connectivity index (χ0n) is 11.8. The summed E-state index contributed by atoms with van der Waals surface area (Å²) < 4.78 is 12.9. The monoisotopic (exact) mass is 284 g/mol. The minimum Gasteiger partial charge on any atom is -0.486 e. The van der Waals surface area contributed by atoms with Crippen LogP contribution in [0.1, 0.15) is 22.8 Å². The fourth-order valence-electron chi connectivity index (χ4n) is 2.15. The molecule has 0 spiro atoms. The summed E-state index contributed by atoms with van der Waals surface area (Å²) in [6.45, 7) is 3.80. The Kier molecular flexibility index (Phi) is 3.73. The van der Waals surface area contributed by atoms with Gasteiger partial charge < -0.3 is 9.47 Å². The van der Waals surface area contributed by atoms with Crippen LogP contribution in [0.5, 0.6) is 11.5 Å². The third kappa shape index (κ3) is 2.81. The molecule has 1 aliphatic heterocycles. The highest BCUT2D eigenvalue weighted by molar-refractivity contribution is 6.06. The molecular weight excluding hydrogens is 268 g/mol. The Morgan fingerprint density at radius 1 is 1.38 bits per heavy atom. The SMILES string of the molecule is CCn1cc(C(=O)/C=C/c2cccc3c2OCCO3)cn1. The first-order valence-electron chi connectivity index (χ1n) is 6.91. The second kappa shape index (κ2) is 5.83. The molecule has 1 aliphatic rings. The summed E-state index contributed by atoms with van der Waals surface area (Å²) in [5, 5.41) is 4.10. The summed E-state index contributed by atoms with van der Waals surface area (Å²) >= 11 is 0. The Bertz CT molecular complexity index is 689. The van der Waals surface area contributed by atoms with Gasteiger partial charge in [0.2, 0.25) is 0 Å². The number of benzene rings is 1. The van der Waals surface area contributed by atoms with E-state index in [0.29, 0.717) is 24.5 Å². The van der Waals surface area contributed by atoms with Crippen molar-refractivity contribution < 1.29 is 14.3 Å². The Labute approximate surface area is 122 Å². The van der Waals surface area contributed by atoms with Crippen molar-refractivity contribution in [3.8, 4) is 11.5 Å². The van der Waals surface area contributed by atoms with Crippen LogP contribution in [-0.4, -0.2) is 28.8 Å². The molecule has 0 unspecified atom stereocenters. The van der Waals surface area contributed by atoms with Crippen LogP contribution in [0.3, 0.4) is 0 Å². The number of nitrogens with zero attached hydrogens (tertiary/aromatic N) is 2. The fraction of sp³-hybridized carbons (Fsp3) is 0.250. The average molecular weight is 284 g/mol. The van der Waals surface area contributed by atoms with Gasteiger partial charge in [0.1, 0.15) is 13.2 Å². The highest BCUT2D eigenvalue weighted by atomic mass is 16.6. The lowest BCUT2D eigenvalue weighted by Gasteiger charge is -2.19. The molecule has 0 amide bonds. The van der Waals surface area contributed by atoms with E-state index in [1.807, 2.05) is 25.1 Å². The average Bonchev–Trinajstić information content (AvgIpc) is 3.01. The van der Waals surface area contributed by atoms with Gasteiger partial charge in [0, 0.05) is 18.3 Å². The molecule has 0 N–H and O–H groups in total. The molecule has 0 atom stereocenters. The maximum absolute atomic E-state index is 12.1. The molecule has 2 heterocycles. The molecule has 0 fully saturated rings. The predicted molar refractivity (Wildman–Crippen MR) is 78.7 cm³/mol. The van der Waals surface area contributed by atoms with Crippen molar-refractivity contribution in [2.45, 2.75) is 13.5 Å². The molecule has 0 radical (unpaired) electrons. The van der Waals surface area contributed by atoms with Crippen LogP contribution in [0.4, 0.5) is 0 Å². The van der Waals surface area contributed by atoms with Gasteiger partial charge in [-0.15, -0.1) is 0 Å². The second-order valence-corrected chi connectivity index (χ2v) is 4.65. The summed E-state index contributed by atoms with van der Waals surface area (Å²) in [5.41, 5.74) is 1.42. The Morgan fingerprint density at radius 2 is 2.24 bits per heavy atom. The first kappa shape index (κ1) is 13.4. The molecule has 21 heavy (non-hydrogen) atoms. The number of ether oxygens (including phenoxy) is 2. The van der Waals surface area contributed by atoms with Crippen LogP contribution in [0.15, 0.2) is 36.7 Å². The molecule has 5 heteroatoms. The summed E-state index contributed by atoms with van der Waals surface area (Å²) in [7, 11) is 0. The lowest BCUT2D eigenvalue weighted by Crippen LogP contribution is -2.15. The van der Waals surface area contributed by atoms with Crippen molar-refractivity contribution in [2.75, 3.05) is 13.2 Å². The second-order valence-electron chi connectivity index (χ2n) is 4.65. The molecule has 1 aromatic carbocycles. The molecule has 0 saturated heterocycles. The smallest absolute Gasteiger partial charge is 0.189 e. The van der Waals surface area contributed by atoms with Gasteiger partial charge in [0.15, 0.2) is 17.3 Å². The van der Waals surface area contributed by atoms with E-state index in [2.05, 4.69) is 5.10 Å². The number of hydrogen-bond donors (Lipinski definition) is 0. The summed E-state index contributed by atoms with van der Waals surface area (Å²) in [5.74, 6) is 1.33. The number of fused-ring (bicyclic) bond motifs is 1. The number of rotatable bonds is 4. The van der Waals surface area contributed by atoms with Crippen LogP contribution in [-0.2, 0) is 6.54 Å². The van der Waals surface area contributed by atoms with Crippen LogP contribution < -0.4 is 9.47 Å². The minimum atomic E-state index is -0.0796. The van der Waals surface area contributed by atoms with Crippen molar-refractivity contribution in [1.82, 2.24) is 9.78 Å². The molecule has 0 saturated carbocycles. The molecule has 0 bridgehead atoms. The van der Waals surface area contributed by atoms with Crippen molar-refractivity contribution in [1.29, 1.82) is 0 Å². The molecular formula is C16H16N2O3. The van der Waals surface area contributed by atoms with Gasteiger partial charge in [-0.25, -0.2) is 0 Å². The van der Waals surface area contributed by atoms with E-state index in [0.717, 1.165) is 17.9 Å².